The highest BCUT2D eigenvalue weighted by molar-refractivity contribution is 7.92. The lowest BCUT2D eigenvalue weighted by molar-refractivity contribution is 0.415. The first-order valence-corrected chi connectivity index (χ1v) is 11.9. The molecule has 0 unspecified atom stereocenters. The van der Waals surface area contributed by atoms with E-state index in [1.165, 1.54) is 44.5 Å². The summed E-state index contributed by atoms with van der Waals surface area (Å²) in [5.74, 6) is 0.235. The Morgan fingerprint density at radius 2 is 1.43 bits per heavy atom. The van der Waals surface area contributed by atoms with E-state index in [9.17, 15) is 16.8 Å². The van der Waals surface area contributed by atoms with Crippen molar-refractivity contribution in [2.45, 2.75) is 16.3 Å². The molecule has 3 rings (SSSR count). The summed E-state index contributed by atoms with van der Waals surface area (Å²) in [5.41, 5.74) is 0.919. The highest BCUT2D eigenvalue weighted by Gasteiger charge is 2.26. The van der Waals surface area contributed by atoms with Crippen molar-refractivity contribution in [1.29, 1.82) is 0 Å². The van der Waals surface area contributed by atoms with Crippen LogP contribution in [-0.2, 0) is 26.6 Å². The van der Waals surface area contributed by atoms with Crippen LogP contribution in [0.2, 0.25) is 0 Å². The van der Waals surface area contributed by atoms with E-state index in [1.807, 2.05) is 30.3 Å². The molecule has 0 saturated heterocycles. The smallest absolute Gasteiger partial charge is 0.264 e. The molecule has 0 bridgehead atoms. The zero-order valence-electron chi connectivity index (χ0n) is 16.5. The zero-order valence-corrected chi connectivity index (χ0v) is 18.2. The molecule has 0 aromatic heterocycles. The Labute approximate surface area is 177 Å². The monoisotopic (exact) mass is 446 g/mol. The average molecular weight is 447 g/mol. The second-order valence-corrected chi connectivity index (χ2v) is 10.2. The number of methoxy groups -OCH3 is 1. The van der Waals surface area contributed by atoms with Crippen LogP contribution in [0, 0.1) is 0 Å². The summed E-state index contributed by atoms with van der Waals surface area (Å²) in [4.78, 5) is 0.0226. The van der Waals surface area contributed by atoms with Gasteiger partial charge < -0.3 is 4.74 Å². The summed E-state index contributed by atoms with van der Waals surface area (Å²) in [6.07, 6.45) is 0. The Balaban J connectivity index is 1.95. The molecular formula is C21H22N2O5S2. The second kappa shape index (κ2) is 8.86. The van der Waals surface area contributed by atoms with E-state index in [0.29, 0.717) is 0 Å². The standard InChI is InChI=1S/C21H22N2O5S2/c1-23(30(26,27)18-11-7-4-8-12-18)20-15-19(13-14-21(20)28-2)29(24,25)22-16-17-9-5-3-6-10-17/h3-15,22H,16H2,1-2H3. The van der Waals surface area contributed by atoms with Crippen LogP contribution in [0.3, 0.4) is 0 Å². The number of ether oxygens (including phenoxy) is 1. The van der Waals surface area contributed by atoms with Crippen molar-refractivity contribution < 1.29 is 21.6 Å². The lowest BCUT2D eigenvalue weighted by Crippen LogP contribution is -2.28. The molecule has 0 spiro atoms. The number of sulfonamides is 2. The van der Waals surface area contributed by atoms with Crippen LogP contribution < -0.4 is 13.8 Å². The van der Waals surface area contributed by atoms with Crippen molar-refractivity contribution >= 4 is 25.7 Å². The Morgan fingerprint density at radius 3 is 2.03 bits per heavy atom. The second-order valence-electron chi connectivity index (χ2n) is 6.43. The van der Waals surface area contributed by atoms with E-state index >= 15 is 0 Å². The van der Waals surface area contributed by atoms with Gasteiger partial charge in [0.1, 0.15) is 5.75 Å². The number of hydrogen-bond acceptors (Lipinski definition) is 5. The van der Waals surface area contributed by atoms with Crippen LogP contribution in [0.15, 0.2) is 88.7 Å². The van der Waals surface area contributed by atoms with Crippen LogP contribution in [0.5, 0.6) is 5.75 Å². The topological polar surface area (TPSA) is 92.8 Å². The minimum atomic E-state index is -3.90. The van der Waals surface area contributed by atoms with Crippen molar-refractivity contribution in [3.63, 3.8) is 0 Å². The van der Waals surface area contributed by atoms with Crippen molar-refractivity contribution in [2.75, 3.05) is 18.5 Å². The first-order valence-electron chi connectivity index (χ1n) is 9.01. The van der Waals surface area contributed by atoms with E-state index in [0.717, 1.165) is 9.87 Å². The maximum Gasteiger partial charge on any atom is 0.264 e. The molecule has 7 nitrogen and oxygen atoms in total. The highest BCUT2D eigenvalue weighted by Crippen LogP contribution is 2.33. The van der Waals surface area contributed by atoms with Crippen LogP contribution in [-0.4, -0.2) is 31.0 Å². The summed E-state index contributed by atoms with van der Waals surface area (Å²) in [6, 6.07) is 21.1. The largest absolute Gasteiger partial charge is 0.495 e. The van der Waals surface area contributed by atoms with E-state index in [4.69, 9.17) is 4.74 Å². The van der Waals surface area contributed by atoms with Crippen LogP contribution in [0.25, 0.3) is 0 Å². The Kier molecular flexibility index (Phi) is 6.45. The van der Waals surface area contributed by atoms with E-state index in [2.05, 4.69) is 4.72 Å². The minimum Gasteiger partial charge on any atom is -0.495 e. The molecule has 0 fully saturated rings. The lowest BCUT2D eigenvalue weighted by Gasteiger charge is -2.22. The van der Waals surface area contributed by atoms with Crippen LogP contribution in [0.4, 0.5) is 5.69 Å². The minimum absolute atomic E-state index is 0.0654. The maximum absolute atomic E-state index is 13.0. The van der Waals surface area contributed by atoms with Crippen molar-refractivity contribution in [3.8, 4) is 5.75 Å². The number of hydrogen-bond donors (Lipinski definition) is 1. The lowest BCUT2D eigenvalue weighted by atomic mass is 10.2. The van der Waals surface area contributed by atoms with Gasteiger partial charge in [-0.05, 0) is 35.9 Å². The Hall–Kier alpha value is -2.88. The van der Waals surface area contributed by atoms with Gasteiger partial charge in [-0.15, -0.1) is 0 Å². The predicted molar refractivity (Wildman–Crippen MR) is 115 cm³/mol. The van der Waals surface area contributed by atoms with Gasteiger partial charge in [0.05, 0.1) is 22.6 Å². The van der Waals surface area contributed by atoms with Gasteiger partial charge in [-0.3, -0.25) is 4.31 Å². The quantitative estimate of drug-likeness (QED) is 0.574. The molecule has 0 aliphatic carbocycles. The summed E-state index contributed by atoms with van der Waals surface area (Å²) in [6.45, 7) is 0.114. The highest BCUT2D eigenvalue weighted by atomic mass is 32.2. The van der Waals surface area contributed by atoms with Crippen LogP contribution in [0.1, 0.15) is 5.56 Å². The maximum atomic E-state index is 13.0. The summed E-state index contributed by atoms with van der Waals surface area (Å²) >= 11 is 0. The fraction of sp³-hybridized carbons (Fsp3) is 0.143. The zero-order chi connectivity index (χ0) is 21.8. The fourth-order valence-corrected chi connectivity index (χ4v) is 5.08. The average Bonchev–Trinajstić information content (AvgIpc) is 2.78. The third-order valence-electron chi connectivity index (χ3n) is 4.51. The van der Waals surface area contributed by atoms with E-state index < -0.39 is 20.0 Å². The van der Waals surface area contributed by atoms with Gasteiger partial charge in [0.15, 0.2) is 0 Å². The molecule has 3 aromatic rings. The third-order valence-corrected chi connectivity index (χ3v) is 7.70. The molecule has 0 aliphatic heterocycles. The number of benzene rings is 3. The van der Waals surface area contributed by atoms with Crippen molar-refractivity contribution in [3.05, 3.63) is 84.4 Å². The molecule has 3 aromatic carbocycles. The SMILES string of the molecule is COc1ccc(S(=O)(=O)NCc2ccccc2)cc1N(C)S(=O)(=O)c1ccccc1. The molecular weight excluding hydrogens is 424 g/mol. The molecule has 0 amide bonds. The van der Waals surface area contributed by atoms with E-state index in [-0.39, 0.29) is 27.8 Å². The van der Waals surface area contributed by atoms with Gasteiger partial charge in [0, 0.05) is 13.6 Å². The molecule has 0 saturated carbocycles. The summed E-state index contributed by atoms with van der Waals surface area (Å²) < 4.78 is 60.3. The first kappa shape index (κ1) is 21.8. The van der Waals surface area contributed by atoms with Gasteiger partial charge in [-0.25, -0.2) is 21.6 Å². The number of nitrogens with one attached hydrogen (secondary N) is 1. The summed E-state index contributed by atoms with van der Waals surface area (Å²) in [7, 11) is -5.03. The van der Waals surface area contributed by atoms with Gasteiger partial charge in [0.2, 0.25) is 10.0 Å². The number of rotatable bonds is 8. The van der Waals surface area contributed by atoms with Gasteiger partial charge in [0.25, 0.3) is 10.0 Å². The third kappa shape index (κ3) is 4.64. The predicted octanol–water partition coefficient (Wildman–Crippen LogP) is 3.00. The molecule has 9 heteroatoms. The van der Waals surface area contributed by atoms with Gasteiger partial charge in [-0.1, -0.05) is 48.5 Å². The Bertz CT molecular complexity index is 1210. The van der Waals surface area contributed by atoms with Crippen molar-refractivity contribution in [1.82, 2.24) is 4.72 Å². The molecule has 1 N–H and O–H groups in total. The van der Waals surface area contributed by atoms with Crippen molar-refractivity contribution in [2.24, 2.45) is 0 Å². The van der Waals surface area contributed by atoms with Crippen LogP contribution >= 0.6 is 0 Å². The normalized spacial score (nSPS) is 11.8. The molecule has 30 heavy (non-hydrogen) atoms. The Morgan fingerprint density at radius 1 is 0.833 bits per heavy atom. The number of nitrogens with zero attached hydrogens (tertiary/aromatic N) is 1. The van der Waals surface area contributed by atoms with Gasteiger partial charge >= 0.3 is 0 Å². The molecule has 0 radical (unpaired) electrons. The number of anilines is 1. The van der Waals surface area contributed by atoms with Gasteiger partial charge in [-0.2, -0.15) is 0 Å². The molecule has 0 atom stereocenters. The molecule has 0 aliphatic rings. The summed E-state index contributed by atoms with van der Waals surface area (Å²) in [5, 5.41) is 0. The molecule has 158 valence electrons. The first-order chi connectivity index (χ1) is 14.3. The van der Waals surface area contributed by atoms with E-state index in [1.54, 1.807) is 18.2 Å². The fourth-order valence-electron chi connectivity index (χ4n) is 2.82. The molecule has 0 heterocycles.